The number of para-hydroxylation sites is 3. The van der Waals surface area contributed by atoms with Crippen molar-refractivity contribution in [1.29, 1.82) is 0 Å². The molecule has 0 unspecified atom stereocenters. The van der Waals surface area contributed by atoms with E-state index in [2.05, 4.69) is 16.0 Å². The molecule has 0 radical (unpaired) electrons. The Morgan fingerprint density at radius 2 is 1.84 bits per heavy atom. The summed E-state index contributed by atoms with van der Waals surface area (Å²) >= 11 is 1.75. The first-order valence-corrected chi connectivity index (χ1v) is 11.8. The van der Waals surface area contributed by atoms with Gasteiger partial charge in [0.05, 0.1) is 26.3 Å². The summed E-state index contributed by atoms with van der Waals surface area (Å²) in [6, 6.07) is 16.2. The number of likely N-dealkylation sites (tertiary alicyclic amines) is 1. The highest BCUT2D eigenvalue weighted by atomic mass is 32.1. The number of piperidine rings is 1. The fraction of sp³-hybridized carbons (Fsp3) is 0.375. The molecule has 0 aliphatic carbocycles. The SMILES string of the molecule is O=C(CCCCc1nc2ccccc2s1)N1CCC(n2c(=O)[nH]c3ccccc32)CC1. The molecule has 1 amide bonds. The van der Waals surface area contributed by atoms with E-state index in [1.54, 1.807) is 11.3 Å². The number of aromatic amines is 1. The van der Waals surface area contributed by atoms with Crippen molar-refractivity contribution in [2.45, 2.75) is 44.6 Å². The number of hydrogen-bond donors (Lipinski definition) is 1. The van der Waals surface area contributed by atoms with Crippen molar-refractivity contribution in [3.63, 3.8) is 0 Å². The maximum atomic E-state index is 12.7. The Bertz CT molecular complexity index is 1230. The number of fused-ring (bicyclic) bond motifs is 2. The molecule has 1 saturated heterocycles. The third-order valence-corrected chi connectivity index (χ3v) is 7.27. The molecule has 4 aromatic rings. The van der Waals surface area contributed by atoms with E-state index in [0.717, 1.165) is 53.7 Å². The molecule has 0 saturated carbocycles. The van der Waals surface area contributed by atoms with E-state index in [9.17, 15) is 9.59 Å². The van der Waals surface area contributed by atoms with Crippen molar-refractivity contribution >= 4 is 38.5 Å². The number of carbonyl (C=O) groups excluding carboxylic acids is 1. The molecule has 7 heteroatoms. The first-order valence-electron chi connectivity index (χ1n) is 11.0. The summed E-state index contributed by atoms with van der Waals surface area (Å²) in [4.78, 5) is 34.7. The highest BCUT2D eigenvalue weighted by Crippen LogP contribution is 2.26. The van der Waals surface area contributed by atoms with Crippen molar-refractivity contribution in [2.75, 3.05) is 13.1 Å². The van der Waals surface area contributed by atoms with Gasteiger partial charge in [-0.15, -0.1) is 11.3 Å². The molecule has 3 heterocycles. The first kappa shape index (κ1) is 20.0. The van der Waals surface area contributed by atoms with Crippen LogP contribution in [0.1, 0.15) is 43.2 Å². The van der Waals surface area contributed by atoms with Crippen LogP contribution in [0, 0.1) is 0 Å². The number of aromatic nitrogens is 3. The highest BCUT2D eigenvalue weighted by Gasteiger charge is 2.25. The van der Waals surface area contributed by atoms with Gasteiger partial charge in [-0.2, -0.15) is 0 Å². The molecule has 1 N–H and O–H groups in total. The van der Waals surface area contributed by atoms with E-state index < -0.39 is 0 Å². The average Bonchev–Trinajstić information content (AvgIpc) is 3.36. The molecule has 1 aliphatic heterocycles. The van der Waals surface area contributed by atoms with Crippen LogP contribution in [0.15, 0.2) is 53.3 Å². The number of amides is 1. The van der Waals surface area contributed by atoms with Crippen molar-refractivity contribution in [3.8, 4) is 0 Å². The van der Waals surface area contributed by atoms with E-state index in [-0.39, 0.29) is 17.6 Å². The molecule has 2 aromatic heterocycles. The minimum atomic E-state index is -0.0548. The van der Waals surface area contributed by atoms with Gasteiger partial charge >= 0.3 is 5.69 Å². The number of nitrogens with one attached hydrogen (secondary N) is 1. The molecule has 0 spiro atoms. The third kappa shape index (κ3) is 4.14. The number of nitrogens with zero attached hydrogens (tertiary/aromatic N) is 3. The third-order valence-electron chi connectivity index (χ3n) is 6.18. The van der Waals surface area contributed by atoms with E-state index in [0.29, 0.717) is 19.5 Å². The second-order valence-corrected chi connectivity index (χ2v) is 9.33. The molecule has 5 rings (SSSR count). The zero-order valence-corrected chi connectivity index (χ0v) is 18.2. The monoisotopic (exact) mass is 434 g/mol. The lowest BCUT2D eigenvalue weighted by molar-refractivity contribution is -0.132. The van der Waals surface area contributed by atoms with Crippen LogP contribution < -0.4 is 5.69 Å². The summed E-state index contributed by atoms with van der Waals surface area (Å²) in [5, 5.41) is 1.15. The average molecular weight is 435 g/mol. The largest absolute Gasteiger partial charge is 0.343 e. The van der Waals surface area contributed by atoms with Crippen LogP contribution in [0.25, 0.3) is 21.3 Å². The second-order valence-electron chi connectivity index (χ2n) is 8.21. The Hall–Kier alpha value is -2.93. The molecule has 0 bridgehead atoms. The Balaban J connectivity index is 1.11. The van der Waals surface area contributed by atoms with Gasteiger partial charge in [0, 0.05) is 25.6 Å². The molecular weight excluding hydrogens is 408 g/mol. The van der Waals surface area contributed by atoms with E-state index in [1.165, 1.54) is 4.70 Å². The van der Waals surface area contributed by atoms with Crippen LogP contribution in [-0.4, -0.2) is 38.4 Å². The van der Waals surface area contributed by atoms with Crippen LogP contribution in [-0.2, 0) is 11.2 Å². The van der Waals surface area contributed by atoms with Gasteiger partial charge in [-0.05, 0) is 56.4 Å². The van der Waals surface area contributed by atoms with Gasteiger partial charge in [-0.1, -0.05) is 24.3 Å². The summed E-state index contributed by atoms with van der Waals surface area (Å²) in [6.45, 7) is 1.43. The lowest BCUT2D eigenvalue weighted by atomic mass is 10.0. The zero-order valence-electron chi connectivity index (χ0n) is 17.4. The van der Waals surface area contributed by atoms with Crippen LogP contribution in [0.5, 0.6) is 0 Å². The van der Waals surface area contributed by atoms with Crippen LogP contribution in [0.2, 0.25) is 0 Å². The van der Waals surface area contributed by atoms with Gasteiger partial charge in [-0.25, -0.2) is 9.78 Å². The minimum absolute atomic E-state index is 0.0548. The van der Waals surface area contributed by atoms with Crippen molar-refractivity contribution in [3.05, 3.63) is 64.0 Å². The molecular formula is C24H26N4O2S. The number of benzene rings is 2. The van der Waals surface area contributed by atoms with Crippen LogP contribution in [0.3, 0.4) is 0 Å². The smallest absolute Gasteiger partial charge is 0.326 e. The van der Waals surface area contributed by atoms with Crippen molar-refractivity contribution in [2.24, 2.45) is 0 Å². The molecule has 31 heavy (non-hydrogen) atoms. The van der Waals surface area contributed by atoms with E-state index >= 15 is 0 Å². The molecule has 160 valence electrons. The predicted molar refractivity (Wildman–Crippen MR) is 125 cm³/mol. The summed E-state index contributed by atoms with van der Waals surface area (Å²) < 4.78 is 3.10. The summed E-state index contributed by atoms with van der Waals surface area (Å²) in [7, 11) is 0. The van der Waals surface area contributed by atoms with E-state index in [4.69, 9.17) is 0 Å². The van der Waals surface area contributed by atoms with Crippen LogP contribution >= 0.6 is 11.3 Å². The number of hydrogen-bond acceptors (Lipinski definition) is 4. The Kier molecular flexibility index (Phi) is 5.59. The summed E-state index contributed by atoms with van der Waals surface area (Å²) in [5.41, 5.74) is 2.84. The molecule has 1 fully saturated rings. The van der Waals surface area contributed by atoms with Gasteiger partial charge in [0.25, 0.3) is 0 Å². The molecule has 1 aliphatic rings. The number of thiazole rings is 1. The number of carbonyl (C=O) groups is 1. The lowest BCUT2D eigenvalue weighted by Crippen LogP contribution is -2.40. The number of aryl methyl sites for hydroxylation is 1. The van der Waals surface area contributed by atoms with Crippen molar-refractivity contribution in [1.82, 2.24) is 19.4 Å². The van der Waals surface area contributed by atoms with Gasteiger partial charge in [-0.3, -0.25) is 9.36 Å². The zero-order chi connectivity index (χ0) is 21.2. The minimum Gasteiger partial charge on any atom is -0.343 e. The number of H-pyrrole nitrogens is 1. The normalized spacial score (nSPS) is 15.2. The Morgan fingerprint density at radius 1 is 1.06 bits per heavy atom. The Labute approximate surface area is 184 Å². The second kappa shape index (κ2) is 8.67. The molecule has 2 aromatic carbocycles. The fourth-order valence-corrected chi connectivity index (χ4v) is 5.56. The number of imidazole rings is 1. The number of unbranched alkanes of at least 4 members (excludes halogenated alkanes) is 1. The van der Waals surface area contributed by atoms with Gasteiger partial charge in [0.15, 0.2) is 0 Å². The Morgan fingerprint density at radius 3 is 2.68 bits per heavy atom. The maximum Gasteiger partial charge on any atom is 0.326 e. The topological polar surface area (TPSA) is 71.0 Å². The lowest BCUT2D eigenvalue weighted by Gasteiger charge is -2.32. The summed E-state index contributed by atoms with van der Waals surface area (Å²) in [5.74, 6) is 0.231. The summed E-state index contributed by atoms with van der Waals surface area (Å²) in [6.07, 6.45) is 5.02. The molecule has 0 atom stereocenters. The fourth-order valence-electron chi connectivity index (χ4n) is 4.55. The maximum absolute atomic E-state index is 12.7. The van der Waals surface area contributed by atoms with Gasteiger partial charge < -0.3 is 9.88 Å². The van der Waals surface area contributed by atoms with Crippen molar-refractivity contribution < 1.29 is 4.79 Å². The molecule has 6 nitrogen and oxygen atoms in total. The van der Waals surface area contributed by atoms with Gasteiger partial charge in [0.2, 0.25) is 5.91 Å². The van der Waals surface area contributed by atoms with Gasteiger partial charge in [0.1, 0.15) is 0 Å². The number of rotatable bonds is 6. The van der Waals surface area contributed by atoms with Crippen LogP contribution in [0.4, 0.5) is 0 Å². The van der Waals surface area contributed by atoms with E-state index in [1.807, 2.05) is 51.9 Å². The highest BCUT2D eigenvalue weighted by molar-refractivity contribution is 7.18. The quantitative estimate of drug-likeness (QED) is 0.454. The predicted octanol–water partition coefficient (Wildman–Crippen LogP) is 4.52. The standard InChI is InChI=1S/C24H26N4O2S/c29-23(12-6-5-11-22-25-19-8-2-4-10-21(19)31-22)27-15-13-17(14-16-27)28-20-9-3-1-7-18(20)26-24(28)30/h1-4,7-10,17H,5-6,11-16H2,(H,26,30). The first-order chi connectivity index (χ1) is 15.2.